The zero-order valence-corrected chi connectivity index (χ0v) is 19.5. The molecule has 0 saturated heterocycles. The van der Waals surface area contributed by atoms with Crippen LogP contribution < -0.4 is 5.30 Å². The van der Waals surface area contributed by atoms with Crippen LogP contribution in [0.25, 0.3) is 0 Å². The summed E-state index contributed by atoms with van der Waals surface area (Å²) in [5.41, 5.74) is 9.20. The Morgan fingerprint density at radius 1 is 0.667 bits per heavy atom. The average Bonchev–Trinajstić information content (AvgIpc) is 2.52. The molecule has 27 heavy (non-hydrogen) atoms. The van der Waals surface area contributed by atoms with Gasteiger partial charge in [-0.25, -0.2) is 0 Å². The fourth-order valence-electron chi connectivity index (χ4n) is 3.08. The lowest BCUT2D eigenvalue weighted by Gasteiger charge is -2.33. The summed E-state index contributed by atoms with van der Waals surface area (Å²) in [6, 6.07) is 15.2. The second-order valence-corrected chi connectivity index (χ2v) is 11.4. The standard InChI is InChI=1S/C26H35P/c1-24(2,3)20-17-21(25(4,5)6)23(22(18-20)26(7,8)9)27-16-15-19-13-11-10-12-14-19/h10-14,17-18,27H,1-9H3. The summed E-state index contributed by atoms with van der Waals surface area (Å²) in [4.78, 5) is 0. The maximum absolute atomic E-state index is 3.48. The largest absolute Gasteiger partial charge is 0.0698 e. The van der Waals surface area contributed by atoms with E-state index in [9.17, 15) is 0 Å². The molecule has 0 aromatic heterocycles. The molecule has 0 aliphatic carbocycles. The predicted molar refractivity (Wildman–Crippen MR) is 124 cm³/mol. The molecule has 0 aliphatic heterocycles. The van der Waals surface area contributed by atoms with Gasteiger partial charge in [0.1, 0.15) is 0 Å². The third-order valence-corrected chi connectivity index (χ3v) is 5.83. The van der Waals surface area contributed by atoms with E-state index in [1.807, 2.05) is 18.2 Å². The Morgan fingerprint density at radius 3 is 1.56 bits per heavy atom. The van der Waals surface area contributed by atoms with Gasteiger partial charge in [-0.3, -0.25) is 0 Å². The van der Waals surface area contributed by atoms with E-state index < -0.39 is 0 Å². The van der Waals surface area contributed by atoms with E-state index in [0.29, 0.717) is 8.58 Å². The third kappa shape index (κ3) is 5.70. The van der Waals surface area contributed by atoms with Crippen molar-refractivity contribution < 1.29 is 0 Å². The maximum Gasteiger partial charge on any atom is 0.0248 e. The van der Waals surface area contributed by atoms with Crippen molar-refractivity contribution in [3.8, 4) is 11.6 Å². The average molecular weight is 379 g/mol. The summed E-state index contributed by atoms with van der Waals surface area (Å²) >= 11 is 0. The van der Waals surface area contributed by atoms with Crippen LogP contribution in [-0.2, 0) is 16.2 Å². The van der Waals surface area contributed by atoms with Gasteiger partial charge in [-0.15, -0.1) is 0 Å². The molecule has 1 atom stereocenters. The minimum atomic E-state index is 0.0953. The van der Waals surface area contributed by atoms with Crippen LogP contribution in [0.2, 0.25) is 0 Å². The van der Waals surface area contributed by atoms with E-state index in [2.05, 4.69) is 98.2 Å². The van der Waals surface area contributed by atoms with Crippen molar-refractivity contribution in [3.05, 3.63) is 64.7 Å². The van der Waals surface area contributed by atoms with Gasteiger partial charge in [-0.2, -0.15) is 0 Å². The monoisotopic (exact) mass is 378 g/mol. The highest BCUT2D eigenvalue weighted by Gasteiger charge is 2.28. The summed E-state index contributed by atoms with van der Waals surface area (Å²) in [6.07, 6.45) is 0. The van der Waals surface area contributed by atoms with Crippen LogP contribution in [0.1, 0.15) is 84.6 Å². The topological polar surface area (TPSA) is 0 Å². The van der Waals surface area contributed by atoms with Crippen molar-refractivity contribution in [2.24, 2.45) is 0 Å². The summed E-state index contributed by atoms with van der Waals surface area (Å²) in [6.45, 7) is 20.8. The van der Waals surface area contributed by atoms with Gasteiger partial charge in [0, 0.05) is 5.56 Å². The molecule has 2 aromatic rings. The molecule has 1 unspecified atom stereocenters. The van der Waals surface area contributed by atoms with Crippen LogP contribution in [0.3, 0.4) is 0 Å². The number of hydrogen-bond donors (Lipinski definition) is 0. The van der Waals surface area contributed by atoms with E-state index in [1.54, 1.807) is 0 Å². The molecule has 2 aromatic carbocycles. The summed E-state index contributed by atoms with van der Waals surface area (Å²) < 4.78 is 0. The Labute approximate surface area is 169 Å². The van der Waals surface area contributed by atoms with Crippen LogP contribution in [0.15, 0.2) is 42.5 Å². The molecule has 0 spiro atoms. The molecule has 0 radical (unpaired) electrons. The summed E-state index contributed by atoms with van der Waals surface area (Å²) in [5, 5.41) is 1.44. The Balaban J connectivity index is 2.64. The lowest BCUT2D eigenvalue weighted by Crippen LogP contribution is -2.30. The lowest BCUT2D eigenvalue weighted by molar-refractivity contribution is 0.554. The first-order valence-electron chi connectivity index (χ1n) is 9.82. The van der Waals surface area contributed by atoms with Gasteiger partial charge in [0.15, 0.2) is 0 Å². The molecule has 0 aliphatic rings. The van der Waals surface area contributed by atoms with Crippen LogP contribution in [0.5, 0.6) is 0 Å². The normalized spacial score (nSPS) is 12.9. The first-order valence-corrected chi connectivity index (χ1v) is 10.8. The highest BCUT2D eigenvalue weighted by molar-refractivity contribution is 7.52. The van der Waals surface area contributed by atoms with E-state index in [0.717, 1.165) is 5.56 Å². The second-order valence-electron chi connectivity index (χ2n) is 10.4. The van der Waals surface area contributed by atoms with Crippen molar-refractivity contribution in [3.63, 3.8) is 0 Å². The van der Waals surface area contributed by atoms with Crippen molar-refractivity contribution in [1.29, 1.82) is 0 Å². The van der Waals surface area contributed by atoms with Gasteiger partial charge < -0.3 is 0 Å². The number of hydrogen-bond acceptors (Lipinski definition) is 0. The second kappa shape index (κ2) is 7.81. The molecular formula is C26H35P. The molecule has 1 heteroatoms. The highest BCUT2D eigenvalue weighted by Crippen LogP contribution is 2.36. The summed E-state index contributed by atoms with van der Waals surface area (Å²) in [7, 11) is 0.493. The molecule has 144 valence electrons. The molecule has 2 rings (SSSR count). The fourth-order valence-corrected chi connectivity index (χ4v) is 4.58. The third-order valence-electron chi connectivity index (χ3n) is 4.79. The quantitative estimate of drug-likeness (QED) is 0.374. The van der Waals surface area contributed by atoms with Crippen molar-refractivity contribution in [1.82, 2.24) is 0 Å². The zero-order valence-electron chi connectivity index (χ0n) is 18.5. The van der Waals surface area contributed by atoms with Crippen molar-refractivity contribution in [2.75, 3.05) is 0 Å². The lowest BCUT2D eigenvalue weighted by atomic mass is 9.75. The molecular weight excluding hydrogens is 343 g/mol. The summed E-state index contributed by atoms with van der Waals surface area (Å²) in [5.74, 6) is 3.36. The minimum Gasteiger partial charge on any atom is -0.0698 e. The Hall–Kier alpha value is -1.57. The first kappa shape index (κ1) is 21.7. The van der Waals surface area contributed by atoms with Gasteiger partial charge in [0.25, 0.3) is 0 Å². The molecule has 0 heterocycles. The smallest absolute Gasteiger partial charge is 0.0248 e. The SMILES string of the molecule is CC(C)(C)c1cc(C(C)(C)C)c(PC#Cc2ccccc2)c(C(C)(C)C)c1. The van der Waals surface area contributed by atoms with E-state index in [1.165, 1.54) is 22.0 Å². The Kier molecular flexibility index (Phi) is 6.29. The first-order chi connectivity index (χ1) is 12.3. The van der Waals surface area contributed by atoms with E-state index in [-0.39, 0.29) is 16.2 Å². The molecule has 0 nitrogen and oxygen atoms in total. The van der Waals surface area contributed by atoms with Crippen LogP contribution in [0, 0.1) is 11.6 Å². The van der Waals surface area contributed by atoms with Gasteiger partial charge in [-0.1, -0.05) is 104 Å². The van der Waals surface area contributed by atoms with Gasteiger partial charge in [-0.05, 0) is 59.0 Å². The van der Waals surface area contributed by atoms with Gasteiger partial charge in [0.05, 0.1) is 0 Å². The number of rotatable bonds is 1. The zero-order chi connectivity index (χ0) is 20.5. The van der Waals surface area contributed by atoms with E-state index >= 15 is 0 Å². The molecule has 0 saturated carbocycles. The highest BCUT2D eigenvalue weighted by atomic mass is 31.1. The predicted octanol–water partition coefficient (Wildman–Crippen LogP) is 6.89. The van der Waals surface area contributed by atoms with Crippen molar-refractivity contribution in [2.45, 2.75) is 78.6 Å². The molecule has 0 N–H and O–H groups in total. The minimum absolute atomic E-state index is 0.0953. The molecule has 0 bridgehead atoms. The van der Waals surface area contributed by atoms with Crippen LogP contribution in [-0.4, -0.2) is 0 Å². The molecule has 0 fully saturated rings. The van der Waals surface area contributed by atoms with E-state index in [4.69, 9.17) is 0 Å². The Morgan fingerprint density at radius 2 is 1.15 bits per heavy atom. The van der Waals surface area contributed by atoms with Crippen LogP contribution >= 0.6 is 8.58 Å². The van der Waals surface area contributed by atoms with Gasteiger partial charge in [0.2, 0.25) is 0 Å². The Bertz CT molecular complexity index is 807. The fraction of sp³-hybridized carbons (Fsp3) is 0.462. The van der Waals surface area contributed by atoms with Crippen molar-refractivity contribution >= 4 is 13.9 Å². The van der Waals surface area contributed by atoms with Gasteiger partial charge >= 0.3 is 0 Å². The van der Waals surface area contributed by atoms with Crippen LogP contribution in [0.4, 0.5) is 0 Å². The maximum atomic E-state index is 3.48. The molecule has 0 amide bonds. The number of benzene rings is 2.